The molecule has 0 bridgehead atoms. The Kier molecular flexibility index (Phi) is 7.00. The summed E-state index contributed by atoms with van der Waals surface area (Å²) in [5, 5.41) is 10.9. The molecule has 0 amide bonds. The van der Waals surface area contributed by atoms with Crippen molar-refractivity contribution in [3.63, 3.8) is 0 Å². The maximum atomic E-state index is 12.5. The van der Waals surface area contributed by atoms with E-state index in [-0.39, 0.29) is 12.2 Å². The molecule has 0 radical (unpaired) electrons. The van der Waals surface area contributed by atoms with Gasteiger partial charge in [-0.15, -0.1) is 0 Å². The lowest BCUT2D eigenvalue weighted by Crippen LogP contribution is -2.24. The maximum Gasteiger partial charge on any atom is 0.185 e. The molecule has 27 heavy (non-hydrogen) atoms. The number of ether oxygens (including phenoxy) is 3. The van der Waals surface area contributed by atoms with Crippen molar-refractivity contribution in [1.29, 1.82) is 0 Å². The predicted molar refractivity (Wildman–Crippen MR) is 99.2 cm³/mol. The summed E-state index contributed by atoms with van der Waals surface area (Å²) in [7, 11) is 2.97. The molecule has 0 unspecified atom stereocenters. The van der Waals surface area contributed by atoms with Crippen LogP contribution in [-0.2, 0) is 11.2 Å². The van der Waals surface area contributed by atoms with E-state index < -0.39 is 5.97 Å². The molecular formula is C21H21O6-. The monoisotopic (exact) mass is 369 g/mol. The van der Waals surface area contributed by atoms with Crippen LogP contribution >= 0.6 is 0 Å². The summed E-state index contributed by atoms with van der Waals surface area (Å²) < 4.78 is 16.0. The first kappa shape index (κ1) is 20.0. The van der Waals surface area contributed by atoms with Crippen molar-refractivity contribution >= 4 is 17.8 Å². The van der Waals surface area contributed by atoms with E-state index in [1.165, 1.54) is 26.4 Å². The Balaban J connectivity index is 2.29. The fourth-order valence-corrected chi connectivity index (χ4v) is 2.64. The molecule has 0 saturated heterocycles. The molecule has 6 heteroatoms. The van der Waals surface area contributed by atoms with Crippen LogP contribution in [-0.4, -0.2) is 32.6 Å². The van der Waals surface area contributed by atoms with Crippen molar-refractivity contribution in [2.24, 2.45) is 0 Å². The third-order valence-corrected chi connectivity index (χ3v) is 3.83. The van der Waals surface area contributed by atoms with Crippen LogP contribution in [0.4, 0.5) is 0 Å². The van der Waals surface area contributed by atoms with Gasteiger partial charge >= 0.3 is 0 Å². The Labute approximate surface area is 158 Å². The number of benzene rings is 2. The molecule has 2 aromatic carbocycles. The first-order valence-corrected chi connectivity index (χ1v) is 8.39. The Morgan fingerprint density at radius 3 is 2.48 bits per heavy atom. The summed E-state index contributed by atoms with van der Waals surface area (Å²) in [6, 6.07) is 10.0. The van der Waals surface area contributed by atoms with Gasteiger partial charge in [0.05, 0.1) is 20.8 Å². The lowest BCUT2D eigenvalue weighted by molar-refractivity contribution is -0.304. The first-order chi connectivity index (χ1) is 13.0. The van der Waals surface area contributed by atoms with Crippen LogP contribution in [0.5, 0.6) is 17.2 Å². The average Bonchev–Trinajstić information content (AvgIpc) is 2.66. The van der Waals surface area contributed by atoms with E-state index in [0.29, 0.717) is 40.5 Å². The van der Waals surface area contributed by atoms with E-state index in [9.17, 15) is 14.7 Å². The van der Waals surface area contributed by atoms with Gasteiger partial charge in [-0.25, -0.2) is 0 Å². The minimum atomic E-state index is -1.24. The minimum absolute atomic E-state index is 0.277. The molecule has 0 aliphatic heterocycles. The highest BCUT2D eigenvalue weighted by atomic mass is 16.5. The Morgan fingerprint density at radius 1 is 1.07 bits per heavy atom. The molecule has 142 valence electrons. The zero-order valence-electron chi connectivity index (χ0n) is 15.5. The summed E-state index contributed by atoms with van der Waals surface area (Å²) in [5.74, 6) is 0.00362. The van der Waals surface area contributed by atoms with E-state index in [2.05, 4.69) is 0 Å². The number of carboxylic acid groups (broad SMARTS) is 1. The van der Waals surface area contributed by atoms with Gasteiger partial charge in [0.1, 0.15) is 5.75 Å². The summed E-state index contributed by atoms with van der Waals surface area (Å²) in [6.07, 6.45) is 2.70. The Hall–Kier alpha value is -3.28. The molecule has 6 nitrogen and oxygen atoms in total. The third kappa shape index (κ3) is 5.10. The molecular weight excluding hydrogens is 348 g/mol. The fourth-order valence-electron chi connectivity index (χ4n) is 2.64. The fraction of sp³-hybridized carbons (Fsp3) is 0.238. The van der Waals surface area contributed by atoms with Crippen molar-refractivity contribution in [3.8, 4) is 17.2 Å². The quantitative estimate of drug-likeness (QED) is 0.498. The van der Waals surface area contributed by atoms with Gasteiger partial charge in [0.15, 0.2) is 17.3 Å². The standard InChI is InChI=1S/C21H22O6/c1-4-27-19-7-5-6-14(21(19)26-3)8-10-17(22)15-9-11-18(25-2)16(12-15)13-20(23)24/h5-12H,4,13H2,1-3H3,(H,23,24)/p-1/b10-8+. The van der Waals surface area contributed by atoms with Gasteiger partial charge in [-0.1, -0.05) is 12.1 Å². The molecule has 0 fully saturated rings. The molecule has 0 saturated carbocycles. The van der Waals surface area contributed by atoms with Gasteiger partial charge in [-0.05, 0) is 43.3 Å². The van der Waals surface area contributed by atoms with Crippen LogP contribution in [0.3, 0.4) is 0 Å². The van der Waals surface area contributed by atoms with Gasteiger partial charge in [0.2, 0.25) is 0 Å². The summed E-state index contributed by atoms with van der Waals surface area (Å²) in [4.78, 5) is 23.4. The number of carboxylic acids is 1. The maximum absolute atomic E-state index is 12.5. The largest absolute Gasteiger partial charge is 0.550 e. The highest BCUT2D eigenvalue weighted by molar-refractivity contribution is 6.07. The Bertz CT molecular complexity index is 854. The van der Waals surface area contributed by atoms with Crippen LogP contribution in [0, 0.1) is 0 Å². The topological polar surface area (TPSA) is 84.9 Å². The number of aliphatic carboxylic acids is 1. The molecule has 2 aromatic rings. The number of hydrogen-bond acceptors (Lipinski definition) is 6. The first-order valence-electron chi connectivity index (χ1n) is 8.39. The van der Waals surface area contributed by atoms with Crippen molar-refractivity contribution < 1.29 is 28.9 Å². The Morgan fingerprint density at radius 2 is 1.85 bits per heavy atom. The highest BCUT2D eigenvalue weighted by Gasteiger charge is 2.11. The highest BCUT2D eigenvalue weighted by Crippen LogP contribution is 2.32. The van der Waals surface area contributed by atoms with Crippen molar-refractivity contribution in [2.45, 2.75) is 13.3 Å². The number of ketones is 1. The molecule has 0 spiro atoms. The van der Waals surface area contributed by atoms with Crippen molar-refractivity contribution in [2.75, 3.05) is 20.8 Å². The van der Waals surface area contributed by atoms with E-state index in [0.717, 1.165) is 0 Å². The second kappa shape index (κ2) is 9.43. The van der Waals surface area contributed by atoms with Gasteiger partial charge < -0.3 is 24.1 Å². The van der Waals surface area contributed by atoms with Gasteiger partial charge in [0, 0.05) is 29.1 Å². The number of rotatable bonds is 9. The minimum Gasteiger partial charge on any atom is -0.550 e. The summed E-state index contributed by atoms with van der Waals surface area (Å²) in [5.41, 5.74) is 1.43. The number of carbonyl (C=O) groups excluding carboxylic acids is 2. The second-order valence-electron chi connectivity index (χ2n) is 5.58. The zero-order chi connectivity index (χ0) is 19.8. The van der Waals surface area contributed by atoms with Crippen LogP contribution in [0.1, 0.15) is 28.4 Å². The molecule has 0 aliphatic carbocycles. The summed E-state index contributed by atoms with van der Waals surface area (Å²) in [6.45, 7) is 2.37. The van der Waals surface area contributed by atoms with Crippen molar-refractivity contribution in [1.82, 2.24) is 0 Å². The van der Waals surface area contributed by atoms with Gasteiger partial charge in [-0.3, -0.25) is 4.79 Å². The van der Waals surface area contributed by atoms with E-state index in [1.807, 2.05) is 13.0 Å². The second-order valence-corrected chi connectivity index (χ2v) is 5.58. The summed E-state index contributed by atoms with van der Waals surface area (Å²) >= 11 is 0. The van der Waals surface area contributed by atoms with Gasteiger partial charge in [0.25, 0.3) is 0 Å². The SMILES string of the molecule is CCOc1cccc(/C=C/C(=O)c2ccc(OC)c(CC(=O)[O-])c2)c1OC. The molecule has 0 aliphatic rings. The van der Waals surface area contributed by atoms with Crippen LogP contribution in [0.2, 0.25) is 0 Å². The molecule has 0 atom stereocenters. The van der Waals surface area contributed by atoms with E-state index in [4.69, 9.17) is 14.2 Å². The number of hydrogen-bond donors (Lipinski definition) is 0. The van der Waals surface area contributed by atoms with Crippen molar-refractivity contribution in [3.05, 3.63) is 59.2 Å². The van der Waals surface area contributed by atoms with E-state index >= 15 is 0 Å². The molecule has 0 heterocycles. The number of methoxy groups -OCH3 is 2. The van der Waals surface area contributed by atoms with Gasteiger partial charge in [-0.2, -0.15) is 0 Å². The van der Waals surface area contributed by atoms with Crippen LogP contribution in [0.15, 0.2) is 42.5 Å². The molecule has 0 aromatic heterocycles. The lowest BCUT2D eigenvalue weighted by Gasteiger charge is -2.11. The van der Waals surface area contributed by atoms with Crippen LogP contribution < -0.4 is 19.3 Å². The average molecular weight is 369 g/mol. The van der Waals surface area contributed by atoms with Crippen LogP contribution in [0.25, 0.3) is 6.08 Å². The lowest BCUT2D eigenvalue weighted by atomic mass is 10.0. The normalized spacial score (nSPS) is 10.6. The zero-order valence-corrected chi connectivity index (χ0v) is 15.5. The molecule has 0 N–H and O–H groups in total. The number of para-hydroxylation sites is 1. The molecule has 2 rings (SSSR count). The number of carbonyl (C=O) groups is 2. The third-order valence-electron chi connectivity index (χ3n) is 3.83. The predicted octanol–water partition coefficient (Wildman–Crippen LogP) is 2.29. The number of allylic oxidation sites excluding steroid dienone is 1. The van der Waals surface area contributed by atoms with E-state index in [1.54, 1.807) is 30.3 Å². The smallest absolute Gasteiger partial charge is 0.185 e.